The first-order chi connectivity index (χ1) is 21.3. The highest BCUT2D eigenvalue weighted by molar-refractivity contribution is 8.00. The number of carbonyl (C=O) groups is 1. The molecule has 0 aliphatic carbocycles. The summed E-state index contributed by atoms with van der Waals surface area (Å²) >= 11 is 1.01. The Morgan fingerprint density at radius 1 is 1.00 bits per heavy atom. The molecule has 0 atom stereocenters. The molecule has 1 saturated heterocycles. The third kappa shape index (κ3) is 5.88. The van der Waals surface area contributed by atoms with Crippen LogP contribution in [0.3, 0.4) is 0 Å². The average molecular weight is 614 g/mol. The SMILES string of the molecule is COc1ncc(-c2ccc3nc(N)c(-c4ccc(C(=O)N5CCOCC5)cc4)cc3c2)c(C)c1NSc1ccc(F)cc1F. The number of aromatic nitrogens is 2. The molecule has 1 fully saturated rings. The number of rotatable bonds is 7. The summed E-state index contributed by atoms with van der Waals surface area (Å²) < 4.78 is 41.6. The van der Waals surface area contributed by atoms with Crippen LogP contribution < -0.4 is 15.2 Å². The van der Waals surface area contributed by atoms with Crippen molar-refractivity contribution in [1.82, 2.24) is 14.9 Å². The van der Waals surface area contributed by atoms with Crippen LogP contribution >= 0.6 is 11.9 Å². The Labute approximate surface area is 257 Å². The molecular weight excluding hydrogens is 584 g/mol. The lowest BCUT2D eigenvalue weighted by atomic mass is 9.98. The van der Waals surface area contributed by atoms with Crippen molar-refractivity contribution in [2.45, 2.75) is 11.8 Å². The number of hydrogen-bond acceptors (Lipinski definition) is 8. The van der Waals surface area contributed by atoms with Crippen molar-refractivity contribution in [2.75, 3.05) is 43.9 Å². The van der Waals surface area contributed by atoms with Gasteiger partial charge in [-0.25, -0.2) is 18.7 Å². The van der Waals surface area contributed by atoms with Crippen molar-refractivity contribution in [3.05, 3.63) is 95.7 Å². The maximum Gasteiger partial charge on any atom is 0.254 e. The highest BCUT2D eigenvalue weighted by Gasteiger charge is 2.19. The lowest BCUT2D eigenvalue weighted by molar-refractivity contribution is 0.0303. The van der Waals surface area contributed by atoms with Crippen molar-refractivity contribution in [3.63, 3.8) is 0 Å². The Morgan fingerprint density at radius 2 is 1.75 bits per heavy atom. The molecule has 1 aliphatic rings. The van der Waals surface area contributed by atoms with Gasteiger partial charge in [-0.05, 0) is 78.0 Å². The molecule has 0 saturated carbocycles. The van der Waals surface area contributed by atoms with E-state index in [-0.39, 0.29) is 10.8 Å². The van der Waals surface area contributed by atoms with Crippen LogP contribution in [0.4, 0.5) is 20.3 Å². The predicted molar refractivity (Wildman–Crippen MR) is 169 cm³/mol. The molecule has 0 unspecified atom stereocenters. The lowest BCUT2D eigenvalue weighted by Gasteiger charge is -2.26. The van der Waals surface area contributed by atoms with Crippen LogP contribution in [0.15, 0.2) is 77.8 Å². The van der Waals surface area contributed by atoms with Crippen molar-refractivity contribution in [3.8, 4) is 28.1 Å². The molecule has 8 nitrogen and oxygen atoms in total. The lowest BCUT2D eigenvalue weighted by Crippen LogP contribution is -2.40. The number of nitrogens with one attached hydrogen (secondary N) is 1. The maximum atomic E-state index is 14.3. The number of nitrogens with two attached hydrogens (primary N) is 1. The number of hydrogen-bond donors (Lipinski definition) is 2. The summed E-state index contributed by atoms with van der Waals surface area (Å²) in [6, 6.07) is 18.6. The summed E-state index contributed by atoms with van der Waals surface area (Å²) in [5.41, 5.74) is 12.4. The van der Waals surface area contributed by atoms with E-state index >= 15 is 0 Å². The summed E-state index contributed by atoms with van der Waals surface area (Å²) in [4.78, 5) is 24.0. The van der Waals surface area contributed by atoms with Crippen LogP contribution in [0, 0.1) is 18.6 Å². The van der Waals surface area contributed by atoms with Gasteiger partial charge in [-0.3, -0.25) is 4.79 Å². The number of nitrogens with zero attached hydrogens (tertiary/aromatic N) is 3. The number of halogens is 2. The van der Waals surface area contributed by atoms with Crippen LogP contribution in [0.2, 0.25) is 0 Å². The van der Waals surface area contributed by atoms with E-state index in [4.69, 9.17) is 15.2 Å². The molecule has 1 amide bonds. The Morgan fingerprint density at radius 3 is 2.48 bits per heavy atom. The Bertz CT molecular complexity index is 1860. The van der Waals surface area contributed by atoms with E-state index < -0.39 is 11.6 Å². The van der Waals surface area contributed by atoms with Crippen LogP contribution in [0.5, 0.6) is 5.88 Å². The minimum absolute atomic E-state index is 0.0207. The minimum atomic E-state index is -0.668. The molecule has 3 heterocycles. The zero-order chi connectivity index (χ0) is 30.8. The van der Waals surface area contributed by atoms with Crippen LogP contribution in [0.1, 0.15) is 15.9 Å². The summed E-state index contributed by atoms with van der Waals surface area (Å²) in [6.07, 6.45) is 1.72. The smallest absolute Gasteiger partial charge is 0.254 e. The molecule has 5 aromatic rings. The van der Waals surface area contributed by atoms with E-state index in [0.717, 1.165) is 56.7 Å². The first-order valence-corrected chi connectivity index (χ1v) is 14.7. The quantitative estimate of drug-likeness (QED) is 0.195. The fourth-order valence-corrected chi connectivity index (χ4v) is 5.89. The van der Waals surface area contributed by atoms with E-state index in [1.807, 2.05) is 55.5 Å². The summed E-state index contributed by atoms with van der Waals surface area (Å²) in [6.45, 7) is 4.17. The van der Waals surface area contributed by atoms with Crippen molar-refractivity contribution >= 4 is 40.3 Å². The van der Waals surface area contributed by atoms with Gasteiger partial charge in [0.1, 0.15) is 23.1 Å². The number of carbonyl (C=O) groups excluding carboxylic acids is 1. The van der Waals surface area contributed by atoms with Gasteiger partial charge < -0.3 is 24.8 Å². The third-order valence-electron chi connectivity index (χ3n) is 7.55. The first-order valence-electron chi connectivity index (χ1n) is 13.9. The van der Waals surface area contributed by atoms with Gasteiger partial charge in [0, 0.05) is 47.4 Å². The molecule has 6 rings (SSSR count). The number of fused-ring (bicyclic) bond motifs is 1. The number of methoxy groups -OCH3 is 1. The number of pyridine rings is 2. The largest absolute Gasteiger partial charge is 0.479 e. The number of nitrogen functional groups attached to an aromatic ring is 1. The molecule has 0 bridgehead atoms. The molecule has 1 aliphatic heterocycles. The fourth-order valence-electron chi connectivity index (χ4n) is 5.14. The van der Waals surface area contributed by atoms with E-state index in [1.54, 1.807) is 11.1 Å². The van der Waals surface area contributed by atoms with Crippen LogP contribution in [-0.4, -0.2) is 54.2 Å². The number of benzene rings is 3. The average Bonchev–Trinajstić information content (AvgIpc) is 3.04. The Hall–Kier alpha value is -4.74. The highest BCUT2D eigenvalue weighted by atomic mass is 32.2. The van der Waals surface area contributed by atoms with Gasteiger partial charge in [-0.2, -0.15) is 0 Å². The normalized spacial score (nSPS) is 13.2. The number of amides is 1. The van der Waals surface area contributed by atoms with Crippen molar-refractivity contribution in [2.24, 2.45) is 0 Å². The molecule has 3 N–H and O–H groups in total. The van der Waals surface area contributed by atoms with Gasteiger partial charge in [0.2, 0.25) is 5.88 Å². The monoisotopic (exact) mass is 613 g/mol. The molecule has 11 heteroatoms. The molecule has 44 heavy (non-hydrogen) atoms. The number of morpholine rings is 1. The van der Waals surface area contributed by atoms with E-state index in [2.05, 4.69) is 14.7 Å². The van der Waals surface area contributed by atoms with Gasteiger partial charge in [-0.15, -0.1) is 0 Å². The Kier molecular flexibility index (Phi) is 8.32. The molecule has 224 valence electrons. The second-order valence-corrected chi connectivity index (χ2v) is 11.1. The highest BCUT2D eigenvalue weighted by Crippen LogP contribution is 2.38. The summed E-state index contributed by atoms with van der Waals surface area (Å²) in [7, 11) is 1.51. The molecular formula is C33H29F2N5O3S. The predicted octanol–water partition coefficient (Wildman–Crippen LogP) is 6.73. The molecule has 0 radical (unpaired) electrons. The minimum Gasteiger partial charge on any atom is -0.479 e. The van der Waals surface area contributed by atoms with Gasteiger partial charge in [0.15, 0.2) is 0 Å². The van der Waals surface area contributed by atoms with Crippen molar-refractivity contribution in [1.29, 1.82) is 0 Å². The van der Waals surface area contributed by atoms with Gasteiger partial charge in [-0.1, -0.05) is 18.2 Å². The van der Waals surface area contributed by atoms with E-state index in [9.17, 15) is 13.6 Å². The number of ether oxygens (including phenoxy) is 2. The number of anilines is 2. The topological polar surface area (TPSA) is 103 Å². The Balaban J connectivity index is 1.30. The van der Waals surface area contributed by atoms with Gasteiger partial charge in [0.25, 0.3) is 5.91 Å². The second-order valence-electron chi connectivity index (χ2n) is 10.3. The van der Waals surface area contributed by atoms with Gasteiger partial charge >= 0.3 is 0 Å². The molecule has 2 aromatic heterocycles. The standard InChI is InChI=1S/C33H29F2N5O3S/c1-19-26(18-37-32(42-2)30(19)39-44-29-10-8-24(34)17-27(29)35)22-7-9-28-23(15-22)16-25(31(36)38-28)20-3-5-21(6-4-20)33(41)40-11-13-43-14-12-40/h3-10,15-18,39H,11-14H2,1-2H3,(H2,36,38). The zero-order valence-electron chi connectivity index (χ0n) is 24.1. The van der Waals surface area contributed by atoms with Crippen molar-refractivity contribution < 1.29 is 23.0 Å². The summed E-state index contributed by atoms with van der Waals surface area (Å²) in [5, 5.41) is 0.868. The third-order valence-corrected chi connectivity index (χ3v) is 8.41. The summed E-state index contributed by atoms with van der Waals surface area (Å²) in [5.74, 6) is -0.604. The molecule has 3 aromatic carbocycles. The molecule has 0 spiro atoms. The maximum absolute atomic E-state index is 14.3. The van der Waals surface area contributed by atoms with E-state index in [0.29, 0.717) is 49.3 Å². The fraction of sp³-hybridized carbons (Fsp3) is 0.182. The van der Waals surface area contributed by atoms with Crippen LogP contribution in [-0.2, 0) is 4.74 Å². The first kappa shape index (κ1) is 29.3. The second kappa shape index (κ2) is 12.5. The zero-order valence-corrected chi connectivity index (χ0v) is 24.9. The van der Waals surface area contributed by atoms with E-state index in [1.165, 1.54) is 19.2 Å². The van der Waals surface area contributed by atoms with Gasteiger partial charge in [0.05, 0.1) is 30.7 Å². The van der Waals surface area contributed by atoms with Crippen LogP contribution in [0.25, 0.3) is 33.2 Å².